The maximum absolute atomic E-state index is 9.47. The molecule has 1 aliphatic rings. The van der Waals surface area contributed by atoms with Gasteiger partial charge in [-0.1, -0.05) is 0 Å². The Morgan fingerprint density at radius 3 is 2.00 bits per heavy atom. The third-order valence-corrected chi connectivity index (χ3v) is 2.43. The van der Waals surface area contributed by atoms with Gasteiger partial charge in [0.15, 0.2) is 6.29 Å². The second-order valence-electron chi connectivity index (χ2n) is 3.42. The molecule has 0 bridgehead atoms. The van der Waals surface area contributed by atoms with Crippen LogP contribution < -0.4 is 0 Å². The van der Waals surface area contributed by atoms with Crippen molar-refractivity contribution >= 4 is 0 Å². The highest BCUT2D eigenvalue weighted by atomic mass is 16.7. The number of aliphatic hydroxyl groups is 5. The van der Waals surface area contributed by atoms with E-state index in [4.69, 9.17) is 14.6 Å². The molecule has 5 N–H and O–H groups in total. The lowest BCUT2D eigenvalue weighted by Crippen LogP contribution is -2.47. The molecule has 0 unspecified atom stereocenters. The highest BCUT2D eigenvalue weighted by molar-refractivity contribution is 4.90. The van der Waals surface area contributed by atoms with Gasteiger partial charge in [0.25, 0.3) is 0 Å². The van der Waals surface area contributed by atoms with Gasteiger partial charge in [0.2, 0.25) is 0 Å². The first kappa shape index (κ1) is 12.8. The van der Waals surface area contributed by atoms with Gasteiger partial charge in [-0.3, -0.25) is 0 Å². The molecule has 7 heteroatoms. The van der Waals surface area contributed by atoms with Crippen LogP contribution in [0.1, 0.15) is 0 Å². The van der Waals surface area contributed by atoms with E-state index >= 15 is 0 Å². The standard InChI is InChI=1S/C8H16O7/c1-14-8-7(13)6(12)5(11)4(10)3(2-9)15-8/h3-13H,2H2,1H3/t3-,4+,5-,6+,7+,8-/m0/s1. The van der Waals surface area contributed by atoms with Crippen molar-refractivity contribution in [2.75, 3.05) is 13.7 Å². The average Bonchev–Trinajstić information content (AvgIpc) is 2.33. The zero-order valence-corrected chi connectivity index (χ0v) is 8.22. The number of rotatable bonds is 2. The zero-order chi connectivity index (χ0) is 11.6. The number of methoxy groups -OCH3 is 1. The minimum Gasteiger partial charge on any atom is -0.394 e. The lowest BCUT2D eigenvalue weighted by atomic mass is 10.0. The summed E-state index contributed by atoms with van der Waals surface area (Å²) in [7, 11) is 1.24. The number of hydrogen-bond acceptors (Lipinski definition) is 7. The molecule has 15 heavy (non-hydrogen) atoms. The van der Waals surface area contributed by atoms with Crippen LogP contribution in [-0.4, -0.2) is 76.1 Å². The summed E-state index contributed by atoms with van der Waals surface area (Å²) in [5, 5.41) is 46.6. The molecular formula is C8H16O7. The molecule has 0 aromatic rings. The zero-order valence-electron chi connectivity index (χ0n) is 8.22. The van der Waals surface area contributed by atoms with Crippen LogP contribution in [0.3, 0.4) is 0 Å². The first-order valence-electron chi connectivity index (χ1n) is 4.54. The molecule has 1 rings (SSSR count). The van der Waals surface area contributed by atoms with Gasteiger partial charge >= 0.3 is 0 Å². The van der Waals surface area contributed by atoms with Gasteiger partial charge in [0, 0.05) is 7.11 Å². The molecule has 7 nitrogen and oxygen atoms in total. The van der Waals surface area contributed by atoms with Crippen LogP contribution >= 0.6 is 0 Å². The smallest absolute Gasteiger partial charge is 0.186 e. The van der Waals surface area contributed by atoms with E-state index in [2.05, 4.69) is 0 Å². The van der Waals surface area contributed by atoms with Crippen LogP contribution in [-0.2, 0) is 9.47 Å². The Kier molecular flexibility index (Phi) is 4.41. The first-order chi connectivity index (χ1) is 7.02. The molecule has 1 saturated heterocycles. The molecule has 0 aliphatic carbocycles. The third kappa shape index (κ3) is 2.45. The molecule has 1 heterocycles. The van der Waals surface area contributed by atoms with Crippen molar-refractivity contribution in [1.29, 1.82) is 0 Å². The second-order valence-corrected chi connectivity index (χ2v) is 3.42. The SMILES string of the molecule is CO[C@H]1O[C@@H](CO)[C@@H](O)[C@H](O)[C@@H](O)[C@H]1O. The van der Waals surface area contributed by atoms with Gasteiger partial charge in [-0.15, -0.1) is 0 Å². The largest absolute Gasteiger partial charge is 0.394 e. The Hall–Kier alpha value is -0.280. The Labute approximate surface area is 86.5 Å². The summed E-state index contributed by atoms with van der Waals surface area (Å²) in [5.41, 5.74) is 0. The van der Waals surface area contributed by atoms with Gasteiger partial charge < -0.3 is 35.0 Å². The summed E-state index contributed by atoms with van der Waals surface area (Å²) in [4.78, 5) is 0. The molecule has 6 atom stereocenters. The van der Waals surface area contributed by atoms with E-state index < -0.39 is 43.4 Å². The summed E-state index contributed by atoms with van der Waals surface area (Å²) < 4.78 is 9.70. The molecule has 0 aromatic carbocycles. The molecule has 90 valence electrons. The van der Waals surface area contributed by atoms with Crippen LogP contribution in [0.2, 0.25) is 0 Å². The van der Waals surface area contributed by atoms with Gasteiger partial charge in [-0.05, 0) is 0 Å². The molecule has 0 amide bonds. The van der Waals surface area contributed by atoms with Gasteiger partial charge in [-0.2, -0.15) is 0 Å². The fourth-order valence-corrected chi connectivity index (χ4v) is 1.46. The van der Waals surface area contributed by atoms with Gasteiger partial charge in [0.05, 0.1) is 6.61 Å². The highest BCUT2D eigenvalue weighted by Crippen LogP contribution is 2.21. The fourth-order valence-electron chi connectivity index (χ4n) is 1.46. The summed E-state index contributed by atoms with van der Waals surface area (Å²) in [6.07, 6.45) is -8.49. The van der Waals surface area contributed by atoms with Crippen molar-refractivity contribution in [2.45, 2.75) is 36.8 Å². The fraction of sp³-hybridized carbons (Fsp3) is 1.00. The van der Waals surface area contributed by atoms with Crippen molar-refractivity contribution in [3.63, 3.8) is 0 Å². The predicted molar refractivity (Wildman–Crippen MR) is 46.8 cm³/mol. The number of hydrogen-bond donors (Lipinski definition) is 5. The molecule has 1 aliphatic heterocycles. The van der Waals surface area contributed by atoms with Crippen molar-refractivity contribution < 1.29 is 35.0 Å². The first-order valence-corrected chi connectivity index (χ1v) is 4.54. The summed E-state index contributed by atoms with van der Waals surface area (Å²) in [6.45, 7) is -0.558. The maximum atomic E-state index is 9.47. The van der Waals surface area contributed by atoms with Crippen molar-refractivity contribution in [3.05, 3.63) is 0 Å². The summed E-state index contributed by atoms with van der Waals surface area (Å²) >= 11 is 0. The predicted octanol–water partition coefficient (Wildman–Crippen LogP) is -3.21. The maximum Gasteiger partial charge on any atom is 0.186 e. The van der Waals surface area contributed by atoms with Crippen LogP contribution in [0.4, 0.5) is 0 Å². The monoisotopic (exact) mass is 224 g/mol. The van der Waals surface area contributed by atoms with E-state index in [1.807, 2.05) is 0 Å². The van der Waals surface area contributed by atoms with Crippen LogP contribution in [0, 0.1) is 0 Å². The molecule has 0 radical (unpaired) electrons. The third-order valence-electron chi connectivity index (χ3n) is 2.43. The van der Waals surface area contributed by atoms with E-state index in [9.17, 15) is 20.4 Å². The molecule has 0 saturated carbocycles. The number of aliphatic hydroxyl groups excluding tert-OH is 5. The number of ether oxygens (including phenoxy) is 2. The van der Waals surface area contributed by atoms with E-state index in [0.29, 0.717) is 0 Å². The highest BCUT2D eigenvalue weighted by Gasteiger charge is 2.44. The molecule has 0 aromatic heterocycles. The summed E-state index contributed by atoms with van der Waals surface area (Å²) in [5.74, 6) is 0. The minimum absolute atomic E-state index is 0.558. The van der Waals surface area contributed by atoms with Crippen LogP contribution in [0.25, 0.3) is 0 Å². The Morgan fingerprint density at radius 1 is 1.00 bits per heavy atom. The van der Waals surface area contributed by atoms with E-state index in [-0.39, 0.29) is 0 Å². The molecular weight excluding hydrogens is 208 g/mol. The lowest BCUT2D eigenvalue weighted by Gasteiger charge is -2.23. The molecule has 0 spiro atoms. The minimum atomic E-state index is -1.60. The van der Waals surface area contributed by atoms with E-state index in [0.717, 1.165) is 0 Å². The second kappa shape index (κ2) is 5.17. The van der Waals surface area contributed by atoms with Gasteiger partial charge in [-0.25, -0.2) is 0 Å². The average molecular weight is 224 g/mol. The summed E-state index contributed by atoms with van der Waals surface area (Å²) in [6, 6.07) is 0. The Bertz CT molecular complexity index is 170. The van der Waals surface area contributed by atoms with E-state index in [1.165, 1.54) is 7.11 Å². The Balaban J connectivity index is 2.85. The van der Waals surface area contributed by atoms with Gasteiger partial charge in [0.1, 0.15) is 30.5 Å². The molecule has 1 fully saturated rings. The van der Waals surface area contributed by atoms with E-state index in [1.54, 1.807) is 0 Å². The quantitative estimate of drug-likeness (QED) is 0.335. The van der Waals surface area contributed by atoms with Crippen molar-refractivity contribution in [2.24, 2.45) is 0 Å². The van der Waals surface area contributed by atoms with Crippen LogP contribution in [0.15, 0.2) is 0 Å². The topological polar surface area (TPSA) is 120 Å². The normalized spacial score (nSPS) is 47.6. The van der Waals surface area contributed by atoms with Crippen LogP contribution in [0.5, 0.6) is 0 Å². The Morgan fingerprint density at radius 2 is 1.53 bits per heavy atom. The van der Waals surface area contributed by atoms with Crippen molar-refractivity contribution in [3.8, 4) is 0 Å². The lowest BCUT2D eigenvalue weighted by molar-refractivity contribution is -0.221. The van der Waals surface area contributed by atoms with Crippen molar-refractivity contribution in [1.82, 2.24) is 0 Å².